The van der Waals surface area contributed by atoms with E-state index in [4.69, 9.17) is 16.7 Å². The topological polar surface area (TPSA) is 69.6 Å². The molecule has 0 aliphatic carbocycles. The molecule has 5 nitrogen and oxygen atoms in total. The van der Waals surface area contributed by atoms with Crippen molar-refractivity contribution >= 4 is 23.6 Å². The smallest absolute Gasteiger partial charge is 0.405 e. The van der Waals surface area contributed by atoms with E-state index >= 15 is 0 Å². The third kappa shape index (κ3) is 5.13. The van der Waals surface area contributed by atoms with Gasteiger partial charge in [0.05, 0.1) is 0 Å². The summed E-state index contributed by atoms with van der Waals surface area (Å²) in [6.07, 6.45) is 1.72. The van der Waals surface area contributed by atoms with Gasteiger partial charge in [-0.15, -0.1) is 0 Å². The minimum Gasteiger partial charge on any atom is -0.465 e. The van der Waals surface area contributed by atoms with Crippen molar-refractivity contribution in [3.63, 3.8) is 0 Å². The van der Waals surface area contributed by atoms with Crippen LogP contribution >= 0.6 is 11.6 Å². The van der Waals surface area contributed by atoms with E-state index in [1.54, 1.807) is 11.0 Å². The van der Waals surface area contributed by atoms with Gasteiger partial charge in [-0.1, -0.05) is 36.7 Å². The Morgan fingerprint density at radius 3 is 2.61 bits per heavy atom. The second-order valence-corrected chi connectivity index (χ2v) is 6.55. The van der Waals surface area contributed by atoms with Crippen LogP contribution in [0.25, 0.3) is 0 Å². The van der Waals surface area contributed by atoms with Crippen molar-refractivity contribution in [1.82, 2.24) is 10.2 Å². The van der Waals surface area contributed by atoms with Crippen LogP contribution < -0.4 is 5.32 Å². The zero-order valence-corrected chi connectivity index (χ0v) is 14.1. The molecule has 0 saturated carbocycles. The van der Waals surface area contributed by atoms with E-state index in [0.717, 1.165) is 18.4 Å². The first-order chi connectivity index (χ1) is 11.0. The SMILES string of the molecule is CC1CCN(C(=O)C(CCc2ccccc2Cl)NC(=O)O)CC1. The molecule has 1 atom stereocenters. The number of nitrogens with zero attached hydrogens (tertiary/aromatic N) is 1. The van der Waals surface area contributed by atoms with Crippen LogP contribution in [-0.4, -0.2) is 41.1 Å². The van der Waals surface area contributed by atoms with Crippen LogP contribution in [0.1, 0.15) is 31.7 Å². The Morgan fingerprint density at radius 2 is 2.00 bits per heavy atom. The van der Waals surface area contributed by atoms with Crippen molar-refractivity contribution in [2.75, 3.05) is 13.1 Å². The number of carbonyl (C=O) groups excluding carboxylic acids is 1. The Labute approximate surface area is 141 Å². The summed E-state index contributed by atoms with van der Waals surface area (Å²) in [7, 11) is 0. The molecule has 6 heteroatoms. The first-order valence-electron chi connectivity index (χ1n) is 7.99. The zero-order valence-electron chi connectivity index (χ0n) is 13.3. The Morgan fingerprint density at radius 1 is 1.35 bits per heavy atom. The molecule has 1 saturated heterocycles. The molecule has 23 heavy (non-hydrogen) atoms. The molecule has 126 valence electrons. The van der Waals surface area contributed by atoms with Gasteiger partial charge in [0.1, 0.15) is 6.04 Å². The fourth-order valence-corrected chi connectivity index (χ4v) is 3.09. The van der Waals surface area contributed by atoms with Gasteiger partial charge in [0.2, 0.25) is 5.91 Å². The van der Waals surface area contributed by atoms with Gasteiger partial charge < -0.3 is 15.3 Å². The minimum atomic E-state index is -1.17. The molecule has 2 amide bonds. The van der Waals surface area contributed by atoms with Crippen LogP contribution in [0, 0.1) is 5.92 Å². The fourth-order valence-electron chi connectivity index (χ4n) is 2.86. The molecule has 2 rings (SSSR count). The minimum absolute atomic E-state index is 0.133. The van der Waals surface area contributed by atoms with Gasteiger partial charge in [-0.3, -0.25) is 4.79 Å². The number of halogens is 1. The van der Waals surface area contributed by atoms with Crippen molar-refractivity contribution < 1.29 is 14.7 Å². The van der Waals surface area contributed by atoms with Crippen molar-refractivity contribution in [2.45, 2.75) is 38.6 Å². The molecule has 1 heterocycles. The van der Waals surface area contributed by atoms with Crippen LogP contribution in [0.15, 0.2) is 24.3 Å². The van der Waals surface area contributed by atoms with Gasteiger partial charge >= 0.3 is 6.09 Å². The number of rotatable bonds is 5. The highest BCUT2D eigenvalue weighted by Gasteiger charge is 2.28. The van der Waals surface area contributed by atoms with E-state index in [-0.39, 0.29) is 5.91 Å². The van der Waals surface area contributed by atoms with Gasteiger partial charge in [0.15, 0.2) is 0 Å². The molecular formula is C17H23ClN2O3. The number of hydrogen-bond donors (Lipinski definition) is 2. The van der Waals surface area contributed by atoms with Crippen LogP contribution in [0.4, 0.5) is 4.79 Å². The summed E-state index contributed by atoms with van der Waals surface area (Å²) in [5, 5.41) is 12.0. The second-order valence-electron chi connectivity index (χ2n) is 6.14. The maximum atomic E-state index is 12.6. The number of benzene rings is 1. The summed E-state index contributed by atoms with van der Waals surface area (Å²) < 4.78 is 0. The third-order valence-electron chi connectivity index (χ3n) is 4.35. The molecule has 1 fully saturated rings. The van der Waals surface area contributed by atoms with Crippen molar-refractivity contribution in [1.29, 1.82) is 0 Å². The first-order valence-corrected chi connectivity index (χ1v) is 8.37. The number of aryl methyl sites for hydroxylation is 1. The van der Waals surface area contributed by atoms with Crippen molar-refractivity contribution in [3.05, 3.63) is 34.9 Å². The normalized spacial score (nSPS) is 16.9. The Kier molecular flexibility index (Phi) is 6.28. The summed E-state index contributed by atoms with van der Waals surface area (Å²) in [5.41, 5.74) is 0.923. The van der Waals surface area contributed by atoms with Crippen LogP contribution in [0.3, 0.4) is 0 Å². The summed E-state index contributed by atoms with van der Waals surface area (Å²) in [5.74, 6) is 0.486. The fraction of sp³-hybridized carbons (Fsp3) is 0.529. The maximum Gasteiger partial charge on any atom is 0.405 e. The first kappa shape index (κ1) is 17.6. The van der Waals surface area contributed by atoms with Crippen LogP contribution in [-0.2, 0) is 11.2 Å². The number of likely N-dealkylation sites (tertiary alicyclic amines) is 1. The molecule has 1 aromatic carbocycles. The largest absolute Gasteiger partial charge is 0.465 e. The highest BCUT2D eigenvalue weighted by molar-refractivity contribution is 6.31. The predicted molar refractivity (Wildman–Crippen MR) is 89.7 cm³/mol. The van der Waals surface area contributed by atoms with E-state index in [1.807, 2.05) is 18.2 Å². The molecule has 2 N–H and O–H groups in total. The summed E-state index contributed by atoms with van der Waals surface area (Å²) in [4.78, 5) is 25.4. The molecule has 0 bridgehead atoms. The summed E-state index contributed by atoms with van der Waals surface area (Å²) in [6.45, 7) is 3.57. The molecule has 1 aliphatic heterocycles. The highest BCUT2D eigenvalue weighted by Crippen LogP contribution is 2.20. The van der Waals surface area contributed by atoms with E-state index in [9.17, 15) is 9.59 Å². The Balaban J connectivity index is 2.00. The maximum absolute atomic E-state index is 12.6. The van der Waals surface area contributed by atoms with Gasteiger partial charge in [-0.2, -0.15) is 0 Å². The van der Waals surface area contributed by atoms with Gasteiger partial charge in [0.25, 0.3) is 0 Å². The average Bonchev–Trinajstić information content (AvgIpc) is 2.52. The molecule has 1 aromatic rings. The Bertz CT molecular complexity index is 557. The molecule has 0 radical (unpaired) electrons. The van der Waals surface area contributed by atoms with Gasteiger partial charge in [-0.25, -0.2) is 4.79 Å². The lowest BCUT2D eigenvalue weighted by Gasteiger charge is -2.33. The van der Waals surface area contributed by atoms with Gasteiger partial charge in [0, 0.05) is 18.1 Å². The molecule has 1 unspecified atom stereocenters. The number of piperidine rings is 1. The lowest BCUT2D eigenvalue weighted by atomic mass is 9.97. The zero-order chi connectivity index (χ0) is 16.8. The average molecular weight is 339 g/mol. The lowest BCUT2D eigenvalue weighted by molar-refractivity contribution is -0.134. The summed E-state index contributed by atoms with van der Waals surface area (Å²) >= 11 is 6.13. The van der Waals surface area contributed by atoms with Crippen LogP contribution in [0.2, 0.25) is 5.02 Å². The number of carboxylic acid groups (broad SMARTS) is 1. The summed E-state index contributed by atoms with van der Waals surface area (Å²) in [6, 6.07) is 6.70. The van der Waals surface area contributed by atoms with E-state index in [2.05, 4.69) is 12.2 Å². The lowest BCUT2D eigenvalue weighted by Crippen LogP contribution is -2.50. The number of hydrogen-bond acceptors (Lipinski definition) is 2. The van der Waals surface area contributed by atoms with Crippen LogP contribution in [0.5, 0.6) is 0 Å². The van der Waals surface area contributed by atoms with E-state index < -0.39 is 12.1 Å². The van der Waals surface area contributed by atoms with E-state index in [0.29, 0.717) is 36.9 Å². The molecule has 1 aliphatic rings. The highest BCUT2D eigenvalue weighted by atomic mass is 35.5. The number of amides is 2. The molecule has 0 aromatic heterocycles. The van der Waals surface area contributed by atoms with Gasteiger partial charge in [-0.05, 0) is 43.2 Å². The number of nitrogens with one attached hydrogen (secondary N) is 1. The van der Waals surface area contributed by atoms with E-state index in [1.165, 1.54) is 0 Å². The quantitative estimate of drug-likeness (QED) is 0.866. The van der Waals surface area contributed by atoms with Crippen molar-refractivity contribution in [2.24, 2.45) is 5.92 Å². The monoisotopic (exact) mass is 338 g/mol. The van der Waals surface area contributed by atoms with Crippen molar-refractivity contribution in [3.8, 4) is 0 Å². The third-order valence-corrected chi connectivity index (χ3v) is 4.72. The standard InChI is InChI=1S/C17H23ClN2O3/c1-12-8-10-20(11-9-12)16(21)15(19-17(22)23)7-6-13-4-2-3-5-14(13)18/h2-5,12,15,19H,6-11H2,1H3,(H,22,23). The Hall–Kier alpha value is -1.75. The molecule has 0 spiro atoms. The predicted octanol–water partition coefficient (Wildman–Crippen LogP) is 3.17. The molecular weight excluding hydrogens is 316 g/mol. The number of carbonyl (C=O) groups is 2. The second kappa shape index (κ2) is 8.20.